The van der Waals surface area contributed by atoms with Crippen molar-refractivity contribution in [3.8, 4) is 0 Å². The van der Waals surface area contributed by atoms with Crippen LogP contribution < -0.4 is 0 Å². The van der Waals surface area contributed by atoms with Gasteiger partial charge in [0, 0.05) is 0 Å². The number of nitroso groups, excluding NO2 is 1. The van der Waals surface area contributed by atoms with Crippen molar-refractivity contribution < 1.29 is 9.90 Å². The van der Waals surface area contributed by atoms with E-state index in [1.807, 2.05) is 6.92 Å². The molecular weight excluding hydrogens is 266 g/mol. The van der Waals surface area contributed by atoms with E-state index < -0.39 is 15.5 Å². The van der Waals surface area contributed by atoms with Crippen LogP contribution in [0.4, 0.5) is 0 Å². The summed E-state index contributed by atoms with van der Waals surface area (Å²) in [4.78, 5) is 21.2. The lowest BCUT2D eigenvalue weighted by atomic mass is 10.2. The number of thioether (sulfide) groups is 2. The lowest BCUT2D eigenvalue weighted by Crippen LogP contribution is -2.28. The van der Waals surface area contributed by atoms with Crippen molar-refractivity contribution in [3.05, 3.63) is 16.7 Å². The molecule has 0 aromatic carbocycles. The molecule has 1 rings (SSSR count). The van der Waals surface area contributed by atoms with Crippen molar-refractivity contribution in [1.29, 1.82) is 0 Å². The Morgan fingerprint density at radius 3 is 2.56 bits per heavy atom. The molecule has 1 atom stereocenters. The number of rotatable bonds is 4. The van der Waals surface area contributed by atoms with E-state index in [9.17, 15) is 9.70 Å². The molecule has 0 spiro atoms. The molecule has 0 fully saturated rings. The Balaban J connectivity index is 2.50. The fraction of sp³-hybridized carbons (Fsp3) is 0.556. The maximum atomic E-state index is 10.9. The fourth-order valence-corrected chi connectivity index (χ4v) is 4.49. The molecular formula is C9H11NO3S3. The van der Waals surface area contributed by atoms with Crippen LogP contribution in [0.3, 0.4) is 0 Å². The first kappa shape index (κ1) is 13.7. The van der Waals surface area contributed by atoms with Crippen LogP contribution in [-0.4, -0.2) is 24.1 Å². The van der Waals surface area contributed by atoms with Gasteiger partial charge in [0.05, 0.1) is 4.75 Å². The first-order chi connectivity index (χ1) is 7.21. The summed E-state index contributed by atoms with van der Waals surface area (Å²) in [6, 6.07) is 0. The summed E-state index contributed by atoms with van der Waals surface area (Å²) in [7, 11) is 0. The van der Waals surface area contributed by atoms with Gasteiger partial charge in [-0.05, 0) is 32.0 Å². The van der Waals surface area contributed by atoms with Gasteiger partial charge >= 0.3 is 5.97 Å². The first-order valence-electron chi connectivity index (χ1n) is 4.43. The third kappa shape index (κ3) is 3.05. The maximum absolute atomic E-state index is 10.9. The number of hydrogen-bond donors (Lipinski definition) is 1. The van der Waals surface area contributed by atoms with E-state index in [4.69, 9.17) is 17.3 Å². The Morgan fingerprint density at radius 1 is 1.62 bits per heavy atom. The zero-order valence-electron chi connectivity index (χ0n) is 9.01. The molecule has 0 heterocycles. The van der Waals surface area contributed by atoms with E-state index in [0.29, 0.717) is 9.23 Å². The molecule has 1 aliphatic rings. The molecule has 0 aliphatic heterocycles. The molecule has 0 saturated carbocycles. The Labute approximate surface area is 107 Å². The van der Waals surface area contributed by atoms with Gasteiger partial charge in [-0.2, -0.15) is 0 Å². The highest BCUT2D eigenvalue weighted by Gasteiger charge is 2.44. The Morgan fingerprint density at radius 2 is 2.19 bits per heavy atom. The van der Waals surface area contributed by atoms with Crippen LogP contribution in [0.1, 0.15) is 20.8 Å². The van der Waals surface area contributed by atoms with Crippen LogP contribution in [0.15, 0.2) is 16.9 Å². The standard InChI is InChI=1S/C9H11NO3S3/c1-8(2,6(11)12)15-7(14)16-9(3)4-5(9)10-13/h4H,1-3H3,(H,11,12). The van der Waals surface area contributed by atoms with Crippen molar-refractivity contribution >= 4 is 45.2 Å². The monoisotopic (exact) mass is 277 g/mol. The van der Waals surface area contributed by atoms with Gasteiger partial charge in [0.1, 0.15) is 14.0 Å². The van der Waals surface area contributed by atoms with Gasteiger partial charge in [0.2, 0.25) is 0 Å². The van der Waals surface area contributed by atoms with Crippen LogP contribution in [0.25, 0.3) is 0 Å². The molecule has 0 amide bonds. The minimum Gasteiger partial charge on any atom is -0.480 e. The Bertz CT molecular complexity index is 391. The molecule has 0 saturated heterocycles. The summed E-state index contributed by atoms with van der Waals surface area (Å²) in [5.41, 5.74) is 0.466. The number of thiocarbonyl (C=S) groups is 1. The molecule has 4 nitrogen and oxygen atoms in total. The number of aliphatic carboxylic acids is 1. The quantitative estimate of drug-likeness (QED) is 0.629. The minimum atomic E-state index is -0.954. The van der Waals surface area contributed by atoms with Crippen LogP contribution in [-0.2, 0) is 4.79 Å². The second-order valence-electron chi connectivity index (χ2n) is 4.00. The summed E-state index contributed by atoms with van der Waals surface area (Å²) >= 11 is 7.49. The van der Waals surface area contributed by atoms with Crippen LogP contribution in [0, 0.1) is 4.91 Å². The molecule has 0 bridgehead atoms. The highest BCUT2D eigenvalue weighted by Crippen LogP contribution is 2.50. The lowest BCUT2D eigenvalue weighted by molar-refractivity contribution is -0.138. The van der Waals surface area contributed by atoms with Crippen molar-refractivity contribution in [3.63, 3.8) is 0 Å². The van der Waals surface area contributed by atoms with Crippen molar-refractivity contribution in [2.45, 2.75) is 30.3 Å². The van der Waals surface area contributed by atoms with Crippen molar-refractivity contribution in [2.75, 3.05) is 0 Å². The van der Waals surface area contributed by atoms with E-state index in [-0.39, 0.29) is 0 Å². The summed E-state index contributed by atoms with van der Waals surface area (Å²) in [6.07, 6.45) is 1.71. The van der Waals surface area contributed by atoms with E-state index in [1.165, 1.54) is 11.8 Å². The zero-order chi connectivity index (χ0) is 12.6. The molecule has 16 heavy (non-hydrogen) atoms. The number of carbonyl (C=O) groups is 1. The van der Waals surface area contributed by atoms with Crippen LogP contribution in [0.2, 0.25) is 0 Å². The normalized spacial score (nSPS) is 23.6. The van der Waals surface area contributed by atoms with E-state index >= 15 is 0 Å². The fourth-order valence-electron chi connectivity index (χ4n) is 0.869. The topological polar surface area (TPSA) is 66.7 Å². The Kier molecular flexibility index (Phi) is 3.81. The highest BCUT2D eigenvalue weighted by molar-refractivity contribution is 8.48. The third-order valence-corrected chi connectivity index (χ3v) is 4.85. The average molecular weight is 277 g/mol. The lowest BCUT2D eigenvalue weighted by Gasteiger charge is -2.19. The molecule has 1 aliphatic carbocycles. The van der Waals surface area contributed by atoms with Gasteiger partial charge in [-0.25, -0.2) is 0 Å². The van der Waals surface area contributed by atoms with Gasteiger partial charge < -0.3 is 5.11 Å². The van der Waals surface area contributed by atoms with Gasteiger partial charge in [-0.3, -0.25) is 4.79 Å². The van der Waals surface area contributed by atoms with E-state index in [0.717, 1.165) is 11.8 Å². The summed E-state index contributed by atoms with van der Waals surface area (Å²) in [6.45, 7) is 5.01. The minimum absolute atomic E-state index is 0.430. The predicted molar refractivity (Wildman–Crippen MR) is 71.8 cm³/mol. The molecule has 1 unspecified atom stereocenters. The van der Waals surface area contributed by atoms with Crippen LogP contribution in [0.5, 0.6) is 0 Å². The Hall–Kier alpha value is -0.400. The van der Waals surface area contributed by atoms with Crippen molar-refractivity contribution in [1.82, 2.24) is 0 Å². The molecule has 0 radical (unpaired) electrons. The highest BCUT2D eigenvalue weighted by atomic mass is 32.2. The van der Waals surface area contributed by atoms with Gasteiger partial charge in [0.15, 0.2) is 0 Å². The number of nitrogens with zero attached hydrogens (tertiary/aromatic N) is 1. The zero-order valence-corrected chi connectivity index (χ0v) is 11.5. The number of carboxylic acid groups (broad SMARTS) is 1. The molecule has 0 aromatic rings. The molecule has 0 aromatic heterocycles. The smallest absolute Gasteiger partial charge is 0.319 e. The summed E-state index contributed by atoms with van der Waals surface area (Å²) in [5.74, 6) is -0.914. The largest absolute Gasteiger partial charge is 0.480 e. The first-order valence-corrected chi connectivity index (χ1v) is 6.47. The summed E-state index contributed by atoms with van der Waals surface area (Å²) in [5, 5.41) is 11.8. The SMILES string of the molecule is CC(C)(SC(=S)SC1(C)C=C1N=O)C(=O)O. The van der Waals surface area contributed by atoms with Crippen molar-refractivity contribution in [2.24, 2.45) is 5.18 Å². The average Bonchev–Trinajstić information content (AvgIpc) is 2.74. The summed E-state index contributed by atoms with van der Waals surface area (Å²) < 4.78 is -0.880. The molecule has 88 valence electrons. The van der Waals surface area contributed by atoms with Gasteiger partial charge in [-0.1, -0.05) is 35.7 Å². The predicted octanol–water partition coefficient (Wildman–Crippen LogP) is 3.02. The number of hydrogen-bond acceptors (Lipinski definition) is 6. The second-order valence-corrected chi connectivity index (χ2v) is 8.27. The second kappa shape index (κ2) is 4.46. The third-order valence-electron chi connectivity index (χ3n) is 2.08. The van der Waals surface area contributed by atoms with Gasteiger partial charge in [0.25, 0.3) is 0 Å². The van der Waals surface area contributed by atoms with E-state index in [1.54, 1.807) is 19.9 Å². The molecule has 7 heteroatoms. The van der Waals surface area contributed by atoms with Crippen LogP contribution >= 0.6 is 35.7 Å². The molecule has 1 N–H and O–H groups in total. The van der Waals surface area contributed by atoms with Gasteiger partial charge in [-0.15, -0.1) is 4.91 Å². The maximum Gasteiger partial charge on any atom is 0.319 e. The number of carboxylic acids is 1. The van der Waals surface area contributed by atoms with E-state index in [2.05, 4.69) is 5.18 Å².